The van der Waals surface area contributed by atoms with E-state index in [4.69, 9.17) is 10.3 Å². The summed E-state index contributed by atoms with van der Waals surface area (Å²) in [7, 11) is -4.14. The maximum absolute atomic E-state index is 11.0. The summed E-state index contributed by atoms with van der Waals surface area (Å²) in [6, 6.07) is 8.34. The van der Waals surface area contributed by atoms with Gasteiger partial charge in [0, 0.05) is 12.6 Å². The van der Waals surface area contributed by atoms with E-state index in [9.17, 15) is 8.42 Å². The van der Waals surface area contributed by atoms with E-state index in [1.54, 1.807) is 12.1 Å². The Balaban J connectivity index is 2.29. The number of benzene rings is 1. The SMILES string of the molecule is N[C@@H]1CN(S(=O)(=O)O)[C@H]1c1ccccc1. The van der Waals surface area contributed by atoms with Gasteiger partial charge in [-0.25, -0.2) is 0 Å². The molecule has 0 aromatic heterocycles. The second-order valence-corrected chi connectivity index (χ2v) is 4.93. The standard InChI is InChI=1S/C9H12N2O3S/c10-8-6-11(15(12,13)14)9(8)7-4-2-1-3-5-7/h1-5,8-9H,6,10H2,(H,12,13,14)/t8-,9+/m1/s1. The molecule has 1 aromatic rings. The quantitative estimate of drug-likeness (QED) is 0.707. The van der Waals surface area contributed by atoms with E-state index >= 15 is 0 Å². The summed E-state index contributed by atoms with van der Waals surface area (Å²) in [5, 5.41) is 0. The van der Waals surface area contributed by atoms with Gasteiger partial charge in [-0.3, -0.25) is 4.55 Å². The molecule has 6 heteroatoms. The van der Waals surface area contributed by atoms with Gasteiger partial charge in [0.25, 0.3) is 0 Å². The third-order valence-corrected chi connectivity index (χ3v) is 3.51. The van der Waals surface area contributed by atoms with Crippen molar-refractivity contribution in [3.8, 4) is 0 Å². The number of nitrogens with two attached hydrogens (primary N) is 1. The lowest BCUT2D eigenvalue weighted by molar-refractivity contribution is 0.147. The third kappa shape index (κ3) is 1.89. The molecule has 0 saturated carbocycles. The van der Waals surface area contributed by atoms with Gasteiger partial charge in [0.15, 0.2) is 0 Å². The molecule has 5 nitrogen and oxygen atoms in total. The minimum atomic E-state index is -4.14. The maximum Gasteiger partial charge on any atom is 0.336 e. The van der Waals surface area contributed by atoms with Crippen molar-refractivity contribution in [3.05, 3.63) is 35.9 Å². The summed E-state index contributed by atoms with van der Waals surface area (Å²) in [5.41, 5.74) is 6.52. The van der Waals surface area contributed by atoms with Crippen LogP contribution < -0.4 is 5.73 Å². The highest BCUT2D eigenvalue weighted by atomic mass is 32.2. The number of nitrogens with zero attached hydrogens (tertiary/aromatic N) is 1. The molecule has 1 saturated heterocycles. The van der Waals surface area contributed by atoms with Crippen molar-refractivity contribution < 1.29 is 13.0 Å². The molecule has 82 valence electrons. The molecule has 1 aliphatic rings. The Morgan fingerprint density at radius 3 is 2.40 bits per heavy atom. The molecule has 1 aromatic carbocycles. The first-order valence-corrected chi connectivity index (χ1v) is 5.94. The molecule has 15 heavy (non-hydrogen) atoms. The van der Waals surface area contributed by atoms with E-state index in [-0.39, 0.29) is 12.6 Å². The fourth-order valence-corrected chi connectivity index (χ4v) is 2.72. The molecule has 2 atom stereocenters. The van der Waals surface area contributed by atoms with Crippen molar-refractivity contribution in [2.75, 3.05) is 6.54 Å². The molecule has 0 unspecified atom stereocenters. The lowest BCUT2D eigenvalue weighted by atomic mass is 9.93. The monoisotopic (exact) mass is 228 g/mol. The van der Waals surface area contributed by atoms with Gasteiger partial charge < -0.3 is 5.73 Å². The lowest BCUT2D eigenvalue weighted by Crippen LogP contribution is -2.59. The molecular formula is C9H12N2O3S. The van der Waals surface area contributed by atoms with Gasteiger partial charge in [-0.15, -0.1) is 0 Å². The van der Waals surface area contributed by atoms with Crippen molar-refractivity contribution in [1.82, 2.24) is 4.31 Å². The molecule has 0 spiro atoms. The molecule has 0 aliphatic carbocycles. The van der Waals surface area contributed by atoms with Gasteiger partial charge >= 0.3 is 10.3 Å². The Bertz CT molecular complexity index is 446. The topological polar surface area (TPSA) is 83.6 Å². The summed E-state index contributed by atoms with van der Waals surface area (Å²) in [6.07, 6.45) is 0. The van der Waals surface area contributed by atoms with Crippen LogP contribution in [0.5, 0.6) is 0 Å². The minimum Gasteiger partial charge on any atom is -0.325 e. The molecule has 0 radical (unpaired) electrons. The summed E-state index contributed by atoms with van der Waals surface area (Å²) in [5.74, 6) is 0. The van der Waals surface area contributed by atoms with E-state index in [0.29, 0.717) is 0 Å². The Labute approximate surface area is 88.4 Å². The van der Waals surface area contributed by atoms with Gasteiger partial charge in [0.05, 0.1) is 6.04 Å². The Hall–Kier alpha value is -0.950. The molecule has 2 rings (SSSR count). The molecule has 0 bridgehead atoms. The van der Waals surface area contributed by atoms with Gasteiger partial charge in [0.2, 0.25) is 0 Å². The first-order chi connectivity index (χ1) is 7.00. The Kier molecular flexibility index (Phi) is 2.51. The molecule has 1 fully saturated rings. The highest BCUT2D eigenvalue weighted by molar-refractivity contribution is 7.83. The number of rotatable bonds is 2. The molecule has 1 heterocycles. The zero-order valence-electron chi connectivity index (χ0n) is 7.95. The average Bonchev–Trinajstić information content (AvgIpc) is 2.14. The first-order valence-electron chi connectivity index (χ1n) is 4.55. The highest BCUT2D eigenvalue weighted by Gasteiger charge is 2.44. The van der Waals surface area contributed by atoms with Gasteiger partial charge in [-0.2, -0.15) is 12.7 Å². The summed E-state index contributed by atoms with van der Waals surface area (Å²) >= 11 is 0. The largest absolute Gasteiger partial charge is 0.336 e. The summed E-state index contributed by atoms with van der Waals surface area (Å²) in [6.45, 7) is 0.165. The zero-order chi connectivity index (χ0) is 11.1. The van der Waals surface area contributed by atoms with Crippen LogP contribution in [0.1, 0.15) is 11.6 Å². The minimum absolute atomic E-state index is 0.165. The summed E-state index contributed by atoms with van der Waals surface area (Å²) in [4.78, 5) is 0. The van der Waals surface area contributed by atoms with Crippen LogP contribution in [0.25, 0.3) is 0 Å². The Morgan fingerprint density at radius 1 is 1.33 bits per heavy atom. The van der Waals surface area contributed by atoms with Crippen LogP contribution in [-0.2, 0) is 10.3 Å². The predicted molar refractivity (Wildman–Crippen MR) is 55.4 cm³/mol. The van der Waals surface area contributed by atoms with E-state index in [1.165, 1.54) is 0 Å². The van der Waals surface area contributed by atoms with Crippen LogP contribution in [0.4, 0.5) is 0 Å². The van der Waals surface area contributed by atoms with Crippen LogP contribution in [0.3, 0.4) is 0 Å². The van der Waals surface area contributed by atoms with E-state index in [2.05, 4.69) is 0 Å². The lowest BCUT2D eigenvalue weighted by Gasteiger charge is -2.43. The second-order valence-electron chi connectivity index (χ2n) is 3.57. The van der Waals surface area contributed by atoms with Crippen LogP contribution in [-0.4, -0.2) is 29.9 Å². The zero-order valence-corrected chi connectivity index (χ0v) is 8.76. The maximum atomic E-state index is 11.0. The predicted octanol–water partition coefficient (Wildman–Crippen LogP) is 0.173. The van der Waals surface area contributed by atoms with Gasteiger partial charge in [-0.05, 0) is 5.56 Å². The van der Waals surface area contributed by atoms with Gasteiger partial charge in [-0.1, -0.05) is 30.3 Å². The van der Waals surface area contributed by atoms with Crippen LogP contribution in [0, 0.1) is 0 Å². The van der Waals surface area contributed by atoms with Crippen molar-refractivity contribution in [2.45, 2.75) is 12.1 Å². The van der Waals surface area contributed by atoms with Crippen molar-refractivity contribution in [3.63, 3.8) is 0 Å². The van der Waals surface area contributed by atoms with Gasteiger partial charge in [0.1, 0.15) is 0 Å². The summed E-state index contributed by atoms with van der Waals surface area (Å²) < 4.78 is 31.9. The van der Waals surface area contributed by atoms with Crippen LogP contribution >= 0.6 is 0 Å². The average molecular weight is 228 g/mol. The molecule has 3 N–H and O–H groups in total. The van der Waals surface area contributed by atoms with E-state index < -0.39 is 16.3 Å². The third-order valence-electron chi connectivity index (χ3n) is 2.54. The van der Waals surface area contributed by atoms with Crippen LogP contribution in [0.15, 0.2) is 30.3 Å². The smallest absolute Gasteiger partial charge is 0.325 e. The molecule has 0 amide bonds. The van der Waals surface area contributed by atoms with Crippen molar-refractivity contribution in [1.29, 1.82) is 0 Å². The normalized spacial score (nSPS) is 27.3. The molecule has 1 aliphatic heterocycles. The second kappa shape index (κ2) is 3.57. The number of hydrogen-bond donors (Lipinski definition) is 2. The molecular weight excluding hydrogens is 216 g/mol. The first kappa shape index (κ1) is 10.6. The fraction of sp³-hybridized carbons (Fsp3) is 0.333. The van der Waals surface area contributed by atoms with Crippen molar-refractivity contribution in [2.24, 2.45) is 5.73 Å². The highest BCUT2D eigenvalue weighted by Crippen LogP contribution is 2.33. The number of hydrogen-bond acceptors (Lipinski definition) is 3. The van der Waals surface area contributed by atoms with Crippen molar-refractivity contribution >= 4 is 10.3 Å². The van der Waals surface area contributed by atoms with Crippen LogP contribution in [0.2, 0.25) is 0 Å². The fourth-order valence-electron chi connectivity index (χ4n) is 1.80. The Morgan fingerprint density at radius 2 is 1.93 bits per heavy atom. The van der Waals surface area contributed by atoms with E-state index in [0.717, 1.165) is 9.87 Å². The van der Waals surface area contributed by atoms with E-state index in [1.807, 2.05) is 18.2 Å².